The fourth-order valence-corrected chi connectivity index (χ4v) is 2.63. The molecule has 1 saturated carbocycles. The SMILES string of the molecule is CCOC(=O)CC1(S(=O)(=O)Cl)CC1. The van der Waals surface area contributed by atoms with Gasteiger partial charge < -0.3 is 4.74 Å². The summed E-state index contributed by atoms with van der Waals surface area (Å²) in [5, 5.41) is 0. The van der Waals surface area contributed by atoms with E-state index in [1.807, 2.05) is 0 Å². The first-order valence-corrected chi connectivity index (χ1v) is 6.32. The Hall–Kier alpha value is -0.290. The molecule has 0 atom stereocenters. The second-order valence-corrected chi connectivity index (χ2v) is 6.06. The summed E-state index contributed by atoms with van der Waals surface area (Å²) in [5.41, 5.74) is 0. The number of carbonyl (C=O) groups excluding carboxylic acids is 1. The van der Waals surface area contributed by atoms with Gasteiger partial charge in [-0.2, -0.15) is 0 Å². The minimum atomic E-state index is -3.63. The van der Waals surface area contributed by atoms with E-state index in [0.29, 0.717) is 12.8 Å². The van der Waals surface area contributed by atoms with Crippen molar-refractivity contribution in [1.29, 1.82) is 0 Å². The molecule has 13 heavy (non-hydrogen) atoms. The van der Waals surface area contributed by atoms with Crippen molar-refractivity contribution in [3.8, 4) is 0 Å². The van der Waals surface area contributed by atoms with E-state index in [1.165, 1.54) is 0 Å². The van der Waals surface area contributed by atoms with Crippen molar-refractivity contribution in [2.45, 2.75) is 30.9 Å². The number of carbonyl (C=O) groups is 1. The van der Waals surface area contributed by atoms with Crippen LogP contribution < -0.4 is 0 Å². The fourth-order valence-electron chi connectivity index (χ4n) is 1.12. The van der Waals surface area contributed by atoms with Gasteiger partial charge in [-0.15, -0.1) is 0 Å². The van der Waals surface area contributed by atoms with Gasteiger partial charge >= 0.3 is 5.97 Å². The molecule has 0 heterocycles. The first kappa shape index (κ1) is 10.8. The van der Waals surface area contributed by atoms with Gasteiger partial charge in [-0.25, -0.2) is 8.42 Å². The zero-order valence-corrected chi connectivity index (χ0v) is 8.82. The third-order valence-electron chi connectivity index (χ3n) is 2.10. The number of hydrogen-bond acceptors (Lipinski definition) is 4. The van der Waals surface area contributed by atoms with Crippen molar-refractivity contribution < 1.29 is 17.9 Å². The molecular weight excluding hydrogens is 216 g/mol. The van der Waals surface area contributed by atoms with E-state index in [2.05, 4.69) is 4.74 Å². The van der Waals surface area contributed by atoms with E-state index in [1.54, 1.807) is 6.92 Å². The third-order valence-corrected chi connectivity index (χ3v) is 4.67. The van der Waals surface area contributed by atoms with Crippen LogP contribution in [-0.4, -0.2) is 25.7 Å². The molecule has 0 aliphatic heterocycles. The molecule has 0 bridgehead atoms. The molecule has 0 amide bonds. The highest BCUT2D eigenvalue weighted by atomic mass is 35.7. The molecule has 1 fully saturated rings. The van der Waals surface area contributed by atoms with Crippen molar-refractivity contribution in [1.82, 2.24) is 0 Å². The van der Waals surface area contributed by atoms with Crippen LogP contribution in [0.2, 0.25) is 0 Å². The van der Waals surface area contributed by atoms with E-state index in [-0.39, 0.29) is 13.0 Å². The molecule has 0 aromatic rings. The predicted molar refractivity (Wildman–Crippen MR) is 48.0 cm³/mol. The molecule has 1 aliphatic carbocycles. The van der Waals surface area contributed by atoms with E-state index < -0.39 is 19.8 Å². The number of hydrogen-bond donors (Lipinski definition) is 0. The number of rotatable bonds is 4. The monoisotopic (exact) mass is 226 g/mol. The van der Waals surface area contributed by atoms with Gasteiger partial charge in [0.1, 0.15) is 0 Å². The summed E-state index contributed by atoms with van der Waals surface area (Å²) in [6.07, 6.45) is 0.794. The van der Waals surface area contributed by atoms with Crippen LogP contribution in [0.15, 0.2) is 0 Å². The third kappa shape index (κ3) is 2.34. The second kappa shape index (κ2) is 3.46. The standard InChI is InChI=1S/C7H11ClO4S/c1-2-12-6(9)5-7(3-4-7)13(8,10)11/h2-5H2,1H3. The Kier molecular flexibility index (Phi) is 2.87. The molecule has 0 unspecified atom stereocenters. The van der Waals surface area contributed by atoms with Crippen LogP contribution in [0.4, 0.5) is 0 Å². The highest BCUT2D eigenvalue weighted by molar-refractivity contribution is 8.15. The van der Waals surface area contributed by atoms with Gasteiger partial charge in [0.25, 0.3) is 0 Å². The van der Waals surface area contributed by atoms with Crippen molar-refractivity contribution in [3.05, 3.63) is 0 Å². The van der Waals surface area contributed by atoms with Gasteiger partial charge in [-0.3, -0.25) is 4.79 Å². The van der Waals surface area contributed by atoms with Crippen molar-refractivity contribution in [2.24, 2.45) is 0 Å². The summed E-state index contributed by atoms with van der Waals surface area (Å²) in [6, 6.07) is 0. The molecule has 0 aromatic heterocycles. The molecule has 0 N–H and O–H groups in total. The van der Waals surface area contributed by atoms with Crippen LogP contribution in [0.5, 0.6) is 0 Å². The van der Waals surface area contributed by atoms with E-state index in [9.17, 15) is 13.2 Å². The van der Waals surface area contributed by atoms with Crippen LogP contribution in [0, 0.1) is 0 Å². The minimum absolute atomic E-state index is 0.118. The van der Waals surface area contributed by atoms with Gasteiger partial charge in [-0.05, 0) is 19.8 Å². The number of ether oxygens (including phenoxy) is 1. The van der Waals surface area contributed by atoms with Gasteiger partial charge in [0.2, 0.25) is 9.05 Å². The zero-order chi connectivity index (χ0) is 10.1. The molecule has 0 radical (unpaired) electrons. The minimum Gasteiger partial charge on any atom is -0.466 e. The number of halogens is 1. The Labute approximate surface area is 81.6 Å². The maximum absolute atomic E-state index is 11.0. The largest absolute Gasteiger partial charge is 0.466 e. The van der Waals surface area contributed by atoms with Gasteiger partial charge in [0.15, 0.2) is 0 Å². The van der Waals surface area contributed by atoms with E-state index >= 15 is 0 Å². The molecule has 0 spiro atoms. The first-order valence-electron chi connectivity index (χ1n) is 4.01. The van der Waals surface area contributed by atoms with E-state index in [0.717, 1.165) is 0 Å². The topological polar surface area (TPSA) is 60.4 Å². The van der Waals surface area contributed by atoms with Crippen LogP contribution in [0.3, 0.4) is 0 Å². The van der Waals surface area contributed by atoms with Crippen LogP contribution in [0.25, 0.3) is 0 Å². The summed E-state index contributed by atoms with van der Waals surface area (Å²) >= 11 is 0. The molecule has 0 aromatic carbocycles. The Balaban J connectivity index is 2.59. The quantitative estimate of drug-likeness (QED) is 0.531. The van der Waals surface area contributed by atoms with Crippen molar-refractivity contribution in [3.63, 3.8) is 0 Å². The maximum atomic E-state index is 11.0. The molecule has 1 rings (SSSR count). The zero-order valence-electron chi connectivity index (χ0n) is 7.25. The normalized spacial score (nSPS) is 19.5. The van der Waals surface area contributed by atoms with Crippen LogP contribution in [0.1, 0.15) is 26.2 Å². The summed E-state index contributed by atoms with van der Waals surface area (Å²) in [7, 11) is 1.56. The number of esters is 1. The van der Waals surface area contributed by atoms with Gasteiger partial charge in [0, 0.05) is 10.7 Å². The lowest BCUT2D eigenvalue weighted by Crippen LogP contribution is -2.23. The molecule has 1 aliphatic rings. The van der Waals surface area contributed by atoms with Gasteiger partial charge in [-0.1, -0.05) is 0 Å². The second-order valence-electron chi connectivity index (χ2n) is 3.10. The Bertz CT molecular complexity index is 304. The lowest BCUT2D eigenvalue weighted by molar-refractivity contribution is -0.143. The molecule has 76 valence electrons. The molecule has 6 heteroatoms. The first-order chi connectivity index (χ1) is 5.91. The van der Waals surface area contributed by atoms with E-state index in [4.69, 9.17) is 10.7 Å². The molecular formula is C7H11ClO4S. The lowest BCUT2D eigenvalue weighted by Gasteiger charge is -2.09. The van der Waals surface area contributed by atoms with Crippen molar-refractivity contribution >= 4 is 25.7 Å². The highest BCUT2D eigenvalue weighted by Crippen LogP contribution is 2.48. The average molecular weight is 227 g/mol. The fraction of sp³-hybridized carbons (Fsp3) is 0.857. The Morgan fingerprint density at radius 3 is 2.38 bits per heavy atom. The van der Waals surface area contributed by atoms with Crippen molar-refractivity contribution in [2.75, 3.05) is 6.61 Å². The summed E-state index contributed by atoms with van der Waals surface area (Å²) < 4.78 is 25.6. The highest BCUT2D eigenvalue weighted by Gasteiger charge is 2.55. The predicted octanol–water partition coefficient (Wildman–Crippen LogP) is 1.04. The van der Waals surface area contributed by atoms with Gasteiger partial charge in [0.05, 0.1) is 17.8 Å². The lowest BCUT2D eigenvalue weighted by atomic mass is 10.3. The Morgan fingerprint density at radius 2 is 2.08 bits per heavy atom. The summed E-state index contributed by atoms with van der Waals surface area (Å²) in [6.45, 7) is 1.93. The molecule has 0 saturated heterocycles. The summed E-state index contributed by atoms with van der Waals surface area (Å²) in [4.78, 5) is 11.0. The maximum Gasteiger partial charge on any atom is 0.307 e. The Morgan fingerprint density at radius 1 is 1.54 bits per heavy atom. The smallest absolute Gasteiger partial charge is 0.307 e. The summed E-state index contributed by atoms with van der Waals surface area (Å²) in [5.74, 6) is -0.496. The van der Waals surface area contributed by atoms with Crippen LogP contribution >= 0.6 is 10.7 Å². The molecule has 4 nitrogen and oxygen atoms in total. The average Bonchev–Trinajstić information content (AvgIpc) is 2.67. The van der Waals surface area contributed by atoms with Crippen LogP contribution in [-0.2, 0) is 18.6 Å².